The minimum atomic E-state index is -3.64. The first kappa shape index (κ1) is 58.8. The molecule has 19 nitrogen and oxygen atoms in total. The third-order valence-corrected chi connectivity index (χ3v) is 13.6. The summed E-state index contributed by atoms with van der Waals surface area (Å²) in [5.74, 6) is -1.97. The number of oxazole rings is 1. The van der Waals surface area contributed by atoms with Gasteiger partial charge in [0.2, 0.25) is 17.7 Å². The van der Waals surface area contributed by atoms with E-state index in [-0.39, 0.29) is 97.3 Å². The summed E-state index contributed by atoms with van der Waals surface area (Å²) in [5.41, 5.74) is 9.83. The van der Waals surface area contributed by atoms with E-state index in [0.717, 1.165) is 16.7 Å². The van der Waals surface area contributed by atoms with Gasteiger partial charge in [-0.3, -0.25) is 24.0 Å². The lowest BCUT2D eigenvalue weighted by Crippen LogP contribution is -2.45. The van der Waals surface area contributed by atoms with Gasteiger partial charge in [-0.2, -0.15) is 0 Å². The minimum Gasteiger partial charge on any atom is -0.441 e. The predicted molar refractivity (Wildman–Crippen MR) is 280 cm³/mol. The van der Waals surface area contributed by atoms with Gasteiger partial charge in [0, 0.05) is 72.3 Å². The number of urea groups is 1. The number of aromatic nitrogens is 2. The predicted octanol–water partition coefficient (Wildman–Crippen LogP) is 5.72. The van der Waals surface area contributed by atoms with Crippen LogP contribution in [0.1, 0.15) is 91.4 Å². The Hall–Kier alpha value is -7.13. The second-order valence-corrected chi connectivity index (χ2v) is 20.5. The van der Waals surface area contributed by atoms with Gasteiger partial charge in [-0.05, 0) is 94.1 Å². The van der Waals surface area contributed by atoms with Crippen LogP contribution in [0.15, 0.2) is 107 Å². The highest BCUT2D eigenvalue weighted by Gasteiger charge is 2.30. The number of sulfone groups is 1. The second-order valence-electron chi connectivity index (χ2n) is 18.6. The SMILES string of the molecule is CC(=O)CCOCCOCCOCCC(=O)N[C@H](C(=O)C[C@@H](CCCNC(N)=O)C(=O)Nc1ccc(C[n+]2cccc(CNC(=O)c3ccc(-c4nc(CS(=O)(=O)c5ccc(C)cc5)c(C)o4)cc3)c2)cc1)C(C)C. The number of aryl methyl sites for hydroxylation is 2. The molecule has 0 unspecified atom stereocenters. The minimum absolute atomic E-state index is 0.0217. The fraction of sp³-hybridized carbons (Fsp3) is 0.418. The molecular formula is C55H70N7O12S+. The van der Waals surface area contributed by atoms with Gasteiger partial charge < -0.3 is 45.6 Å². The van der Waals surface area contributed by atoms with Crippen LogP contribution in [0.5, 0.6) is 0 Å². The van der Waals surface area contributed by atoms with Gasteiger partial charge in [0.15, 0.2) is 34.6 Å². The van der Waals surface area contributed by atoms with Crippen molar-refractivity contribution >= 4 is 50.8 Å². The zero-order valence-corrected chi connectivity index (χ0v) is 44.2. The number of carbonyl (C=O) groups is 6. The van der Waals surface area contributed by atoms with Gasteiger partial charge in [-0.1, -0.05) is 43.7 Å². The van der Waals surface area contributed by atoms with E-state index in [1.807, 2.05) is 62.0 Å². The van der Waals surface area contributed by atoms with Crippen molar-refractivity contribution in [3.05, 3.63) is 131 Å². The van der Waals surface area contributed by atoms with E-state index in [1.54, 1.807) is 67.6 Å². The van der Waals surface area contributed by atoms with Crippen LogP contribution in [0.25, 0.3) is 11.5 Å². The number of nitrogens with one attached hydrogen (secondary N) is 4. The molecule has 0 saturated carbocycles. The molecule has 0 aliphatic rings. The number of Topliss-reactive ketones (excluding diaryl/α,β-unsaturated/α-hetero) is 2. The number of rotatable bonds is 32. The van der Waals surface area contributed by atoms with Gasteiger partial charge >= 0.3 is 6.03 Å². The normalized spacial score (nSPS) is 12.2. The average Bonchev–Trinajstić information content (AvgIpc) is 3.73. The summed E-state index contributed by atoms with van der Waals surface area (Å²) in [7, 11) is -3.64. The van der Waals surface area contributed by atoms with Crippen molar-refractivity contribution in [2.75, 3.05) is 51.5 Å². The van der Waals surface area contributed by atoms with Gasteiger partial charge in [0.05, 0.1) is 56.3 Å². The van der Waals surface area contributed by atoms with Crippen LogP contribution in [-0.4, -0.2) is 101 Å². The van der Waals surface area contributed by atoms with E-state index in [1.165, 1.54) is 6.92 Å². The van der Waals surface area contributed by atoms with E-state index in [2.05, 4.69) is 26.3 Å². The lowest BCUT2D eigenvalue weighted by atomic mass is 9.89. The number of ketones is 2. The van der Waals surface area contributed by atoms with Gasteiger partial charge in [0.25, 0.3) is 5.91 Å². The molecule has 20 heteroatoms. The fourth-order valence-electron chi connectivity index (χ4n) is 7.71. The molecule has 6 N–H and O–H groups in total. The van der Waals surface area contributed by atoms with E-state index in [0.29, 0.717) is 74.1 Å². The van der Waals surface area contributed by atoms with Crippen molar-refractivity contribution in [3.8, 4) is 11.5 Å². The van der Waals surface area contributed by atoms with E-state index in [9.17, 15) is 37.2 Å². The van der Waals surface area contributed by atoms with Crippen molar-refractivity contribution in [2.45, 2.75) is 96.5 Å². The molecule has 5 amide bonds. The van der Waals surface area contributed by atoms with Crippen LogP contribution in [0, 0.1) is 25.7 Å². The number of pyridine rings is 1. The molecule has 3 aromatic carbocycles. The molecule has 5 rings (SSSR count). The van der Waals surface area contributed by atoms with Crippen LogP contribution in [0.3, 0.4) is 0 Å². The summed E-state index contributed by atoms with van der Waals surface area (Å²) in [6, 6.07) is 22.9. The topological polar surface area (TPSA) is 268 Å². The maximum absolute atomic E-state index is 13.7. The molecule has 75 heavy (non-hydrogen) atoms. The summed E-state index contributed by atoms with van der Waals surface area (Å²) in [6.07, 6.45) is 4.71. The van der Waals surface area contributed by atoms with Gasteiger partial charge in [0.1, 0.15) is 17.3 Å². The summed E-state index contributed by atoms with van der Waals surface area (Å²) in [6.45, 7) is 11.4. The van der Waals surface area contributed by atoms with Crippen molar-refractivity contribution in [3.63, 3.8) is 0 Å². The number of ether oxygens (including phenoxy) is 3. The van der Waals surface area contributed by atoms with Crippen molar-refractivity contribution in [1.29, 1.82) is 0 Å². The second kappa shape index (κ2) is 29.7. The van der Waals surface area contributed by atoms with E-state index in [4.69, 9.17) is 24.4 Å². The van der Waals surface area contributed by atoms with Crippen LogP contribution >= 0.6 is 0 Å². The molecule has 0 fully saturated rings. The maximum Gasteiger partial charge on any atom is 0.312 e. The van der Waals surface area contributed by atoms with Crippen LogP contribution in [-0.2, 0) is 62.1 Å². The Morgan fingerprint density at radius 2 is 1.44 bits per heavy atom. The quantitative estimate of drug-likeness (QED) is 0.0255. The Morgan fingerprint density at radius 1 is 0.787 bits per heavy atom. The number of nitrogens with zero attached hydrogens (tertiary/aromatic N) is 2. The molecule has 2 aromatic heterocycles. The molecule has 2 atom stereocenters. The molecule has 402 valence electrons. The number of hydrogen-bond donors (Lipinski definition) is 5. The maximum atomic E-state index is 13.7. The molecule has 0 saturated heterocycles. The van der Waals surface area contributed by atoms with E-state index >= 15 is 0 Å². The van der Waals surface area contributed by atoms with Gasteiger partial charge in [-0.15, -0.1) is 0 Å². The number of hydrogen-bond acceptors (Lipinski definition) is 13. The van der Waals surface area contributed by atoms with Crippen molar-refractivity contribution in [2.24, 2.45) is 17.6 Å². The standard InChI is InChI=1S/C55H69N7O12S/c1-37(2)51(61-50(65)23-27-72-29-31-73-30-28-71-26-22-39(4)63)49(64)32-45(9-6-24-57-55(56)68)53(67)59-46-18-12-41(13-19-46)34-62-25-7-8-42(35-62)33-58-52(66)43-14-16-44(17-15-43)54-60-48(40(5)74-54)36-75(69,70)47-20-10-38(3)11-21-47/h7-8,10-21,25,35,37,45,51H,6,9,22-24,26-34,36H2,1-5H3,(H5-,56,57,58,59,61,65,66,67,68)/p+1/t45-,51+/m1/s1. The van der Waals surface area contributed by atoms with Gasteiger partial charge in [-0.25, -0.2) is 22.8 Å². The van der Waals surface area contributed by atoms with Crippen LogP contribution < -0.4 is 31.6 Å². The average molecular weight is 1050 g/mol. The highest BCUT2D eigenvalue weighted by Crippen LogP contribution is 2.26. The first-order valence-electron chi connectivity index (χ1n) is 25.0. The lowest BCUT2D eigenvalue weighted by molar-refractivity contribution is -0.688. The highest BCUT2D eigenvalue weighted by molar-refractivity contribution is 7.90. The summed E-state index contributed by atoms with van der Waals surface area (Å²) in [5, 5.41) is 11.2. The smallest absolute Gasteiger partial charge is 0.312 e. The molecular weight excluding hydrogens is 983 g/mol. The Kier molecular flexibility index (Phi) is 23.3. The lowest BCUT2D eigenvalue weighted by Gasteiger charge is -2.24. The molecule has 5 aromatic rings. The first-order valence-corrected chi connectivity index (χ1v) is 26.6. The fourth-order valence-corrected chi connectivity index (χ4v) is 9.06. The van der Waals surface area contributed by atoms with E-state index < -0.39 is 27.8 Å². The number of primary amides is 1. The Balaban J connectivity index is 1.09. The summed E-state index contributed by atoms with van der Waals surface area (Å²) in [4.78, 5) is 80.5. The van der Waals surface area contributed by atoms with Crippen LogP contribution in [0.2, 0.25) is 0 Å². The zero-order chi connectivity index (χ0) is 54.3. The molecule has 0 spiro atoms. The first-order chi connectivity index (χ1) is 35.9. The summed E-state index contributed by atoms with van der Waals surface area (Å²) >= 11 is 0. The largest absolute Gasteiger partial charge is 0.441 e. The number of anilines is 1. The zero-order valence-electron chi connectivity index (χ0n) is 43.4. The Morgan fingerprint density at radius 3 is 2.08 bits per heavy atom. The third kappa shape index (κ3) is 20.3. The van der Waals surface area contributed by atoms with Crippen LogP contribution in [0.4, 0.5) is 10.5 Å². The molecule has 0 aliphatic heterocycles. The van der Waals surface area contributed by atoms with Crippen molar-refractivity contribution < 1.29 is 60.4 Å². The number of amides is 5. The molecule has 0 bridgehead atoms. The number of nitrogens with two attached hydrogens (primary N) is 1. The Labute approximate surface area is 438 Å². The summed E-state index contributed by atoms with van der Waals surface area (Å²) < 4.78 is 50.2. The third-order valence-electron chi connectivity index (χ3n) is 11.9. The van der Waals surface area contributed by atoms with Crippen molar-refractivity contribution in [1.82, 2.24) is 20.9 Å². The molecule has 0 radical (unpaired) electrons. The number of benzene rings is 3. The Bertz CT molecular complexity index is 2800. The molecule has 0 aliphatic carbocycles. The highest BCUT2D eigenvalue weighted by atomic mass is 32.2. The monoisotopic (exact) mass is 1050 g/mol. The molecule has 2 heterocycles. The number of carbonyl (C=O) groups excluding carboxylic acids is 6.